The van der Waals surface area contributed by atoms with Crippen LogP contribution in [0, 0.1) is 11.8 Å². The van der Waals surface area contributed by atoms with E-state index in [9.17, 15) is 9.59 Å². The molecule has 1 aliphatic carbocycles. The quantitative estimate of drug-likeness (QED) is 0.607. The highest BCUT2D eigenvalue weighted by Gasteiger charge is 2.52. The molecule has 3 aliphatic rings. The fourth-order valence-electron chi connectivity index (χ4n) is 5.39. The number of rotatable bonds is 8. The lowest BCUT2D eigenvalue weighted by Crippen LogP contribution is -2.55. The molecule has 0 saturated heterocycles. The van der Waals surface area contributed by atoms with Gasteiger partial charge in [0.15, 0.2) is 5.96 Å². The first kappa shape index (κ1) is 24.5. The number of ether oxygens (including phenoxy) is 2. The molecule has 3 N–H and O–H groups in total. The van der Waals surface area contributed by atoms with E-state index < -0.39 is 5.54 Å². The molecule has 8 nitrogen and oxygen atoms in total. The summed E-state index contributed by atoms with van der Waals surface area (Å²) in [4.78, 5) is 32.5. The number of amides is 2. The van der Waals surface area contributed by atoms with Gasteiger partial charge in [-0.25, -0.2) is 4.99 Å². The number of carbonyl (C=O) groups is 2. The van der Waals surface area contributed by atoms with Gasteiger partial charge in [-0.3, -0.25) is 14.5 Å². The SMILES string of the molecule is CCC1(C)C[C@H](NC(=O)[C@H]2C[C@@H]2[C@@H](CCOC)N2C(=O)CC(C)(C)N=C2N)c2ccccc2O1. The fourth-order valence-corrected chi connectivity index (χ4v) is 5.39. The van der Waals surface area contributed by atoms with E-state index in [1.807, 2.05) is 38.1 Å². The minimum atomic E-state index is -0.508. The zero-order chi connectivity index (χ0) is 24.7. The Morgan fingerprint density at radius 2 is 2.09 bits per heavy atom. The number of para-hydroxylation sites is 1. The second-order valence-electron chi connectivity index (χ2n) is 10.8. The standard InChI is InChI=1S/C26H38N4O4/c1-6-26(4)14-19(16-9-7-8-10-21(16)34-26)28-23(32)18-13-17(18)20(11-12-33-5)30-22(31)15-25(2,3)29-24(30)27/h7-10,17-20H,6,11-15H2,1-5H3,(H2,27,29)(H,28,32)/t17-,18-,19-,20+,26?/m0/s1. The molecular weight excluding hydrogens is 432 g/mol. The molecule has 186 valence electrons. The van der Waals surface area contributed by atoms with Crippen LogP contribution in [0.15, 0.2) is 29.3 Å². The molecule has 5 atom stereocenters. The number of nitrogens with one attached hydrogen (secondary N) is 1. The zero-order valence-electron chi connectivity index (χ0n) is 21.0. The Morgan fingerprint density at radius 3 is 2.76 bits per heavy atom. The summed E-state index contributed by atoms with van der Waals surface area (Å²) in [6, 6.07) is 7.61. The number of methoxy groups -OCH3 is 1. The van der Waals surface area contributed by atoms with Crippen LogP contribution in [0.5, 0.6) is 5.75 Å². The highest BCUT2D eigenvalue weighted by atomic mass is 16.5. The van der Waals surface area contributed by atoms with Crippen LogP contribution in [0.4, 0.5) is 0 Å². The molecule has 34 heavy (non-hydrogen) atoms. The Kier molecular flexibility index (Phi) is 6.64. The van der Waals surface area contributed by atoms with Crippen molar-refractivity contribution in [2.45, 2.75) is 83.0 Å². The monoisotopic (exact) mass is 470 g/mol. The maximum atomic E-state index is 13.4. The van der Waals surface area contributed by atoms with Crippen molar-refractivity contribution >= 4 is 17.8 Å². The Hall–Kier alpha value is -2.61. The molecule has 1 unspecified atom stereocenters. The van der Waals surface area contributed by atoms with Gasteiger partial charge in [0.1, 0.15) is 11.4 Å². The van der Waals surface area contributed by atoms with Crippen molar-refractivity contribution < 1.29 is 19.1 Å². The highest BCUT2D eigenvalue weighted by molar-refractivity contribution is 5.99. The highest BCUT2D eigenvalue weighted by Crippen LogP contribution is 2.47. The van der Waals surface area contributed by atoms with Gasteiger partial charge in [-0.2, -0.15) is 0 Å². The fraction of sp³-hybridized carbons (Fsp3) is 0.654. The average molecular weight is 471 g/mol. The molecule has 0 aromatic heterocycles. The number of nitrogens with two attached hydrogens (primary N) is 1. The van der Waals surface area contributed by atoms with Crippen molar-refractivity contribution in [2.24, 2.45) is 22.6 Å². The largest absolute Gasteiger partial charge is 0.487 e. The number of hydrogen-bond acceptors (Lipinski definition) is 6. The third-order valence-corrected chi connectivity index (χ3v) is 7.49. The van der Waals surface area contributed by atoms with Crippen LogP contribution in [0.25, 0.3) is 0 Å². The van der Waals surface area contributed by atoms with Crippen molar-refractivity contribution in [1.29, 1.82) is 0 Å². The van der Waals surface area contributed by atoms with Gasteiger partial charge in [-0.1, -0.05) is 25.1 Å². The molecule has 1 saturated carbocycles. The van der Waals surface area contributed by atoms with Crippen molar-refractivity contribution in [1.82, 2.24) is 10.2 Å². The van der Waals surface area contributed by atoms with Crippen molar-refractivity contribution in [3.63, 3.8) is 0 Å². The van der Waals surface area contributed by atoms with Gasteiger partial charge >= 0.3 is 0 Å². The molecule has 2 aliphatic heterocycles. The first-order valence-electron chi connectivity index (χ1n) is 12.3. The zero-order valence-corrected chi connectivity index (χ0v) is 21.0. The smallest absolute Gasteiger partial charge is 0.231 e. The number of fused-ring (bicyclic) bond motifs is 1. The number of aliphatic imine (C=N–C) groups is 1. The van der Waals surface area contributed by atoms with Crippen LogP contribution in [-0.4, -0.2) is 53.6 Å². The maximum absolute atomic E-state index is 13.4. The van der Waals surface area contributed by atoms with E-state index in [0.29, 0.717) is 19.4 Å². The van der Waals surface area contributed by atoms with Gasteiger partial charge in [0.25, 0.3) is 0 Å². The predicted octanol–water partition coefficient (Wildman–Crippen LogP) is 3.16. The summed E-state index contributed by atoms with van der Waals surface area (Å²) in [5.41, 5.74) is 6.43. The molecule has 2 amide bonds. The summed E-state index contributed by atoms with van der Waals surface area (Å²) in [6.07, 6.45) is 3.20. The lowest BCUT2D eigenvalue weighted by atomic mass is 9.86. The maximum Gasteiger partial charge on any atom is 0.231 e. The first-order chi connectivity index (χ1) is 16.1. The molecule has 1 aromatic carbocycles. The van der Waals surface area contributed by atoms with Crippen LogP contribution in [0.2, 0.25) is 0 Å². The molecule has 0 radical (unpaired) electrons. The van der Waals surface area contributed by atoms with Gasteiger partial charge in [0.05, 0.1) is 18.0 Å². The third-order valence-electron chi connectivity index (χ3n) is 7.49. The molecule has 2 heterocycles. The van der Waals surface area contributed by atoms with Crippen LogP contribution in [-0.2, 0) is 14.3 Å². The van der Waals surface area contributed by atoms with Crippen molar-refractivity contribution in [3.8, 4) is 5.75 Å². The van der Waals surface area contributed by atoms with Crippen LogP contribution in [0.3, 0.4) is 0 Å². The van der Waals surface area contributed by atoms with E-state index in [2.05, 4.69) is 24.2 Å². The number of nitrogens with zero attached hydrogens (tertiary/aromatic N) is 2. The Labute approximate surface area is 202 Å². The van der Waals surface area contributed by atoms with Gasteiger partial charge in [0, 0.05) is 37.7 Å². The minimum Gasteiger partial charge on any atom is -0.487 e. The van der Waals surface area contributed by atoms with Gasteiger partial charge in [-0.15, -0.1) is 0 Å². The van der Waals surface area contributed by atoms with Crippen molar-refractivity contribution in [3.05, 3.63) is 29.8 Å². The van der Waals surface area contributed by atoms with Crippen LogP contribution >= 0.6 is 0 Å². The lowest BCUT2D eigenvalue weighted by Gasteiger charge is -2.40. The van der Waals surface area contributed by atoms with Gasteiger partial charge < -0.3 is 20.5 Å². The number of guanidine groups is 1. The molecule has 8 heteroatoms. The second-order valence-corrected chi connectivity index (χ2v) is 10.8. The topological polar surface area (TPSA) is 106 Å². The lowest BCUT2D eigenvalue weighted by molar-refractivity contribution is -0.132. The number of hydrogen-bond donors (Lipinski definition) is 2. The molecule has 1 fully saturated rings. The molecule has 1 aromatic rings. The minimum absolute atomic E-state index is 0.0212. The first-order valence-corrected chi connectivity index (χ1v) is 12.3. The molecular formula is C26H38N4O4. The van der Waals surface area contributed by atoms with E-state index in [4.69, 9.17) is 15.2 Å². The normalized spacial score (nSPS) is 30.6. The molecule has 0 spiro atoms. The van der Waals surface area contributed by atoms with Crippen molar-refractivity contribution in [2.75, 3.05) is 13.7 Å². The van der Waals surface area contributed by atoms with Gasteiger partial charge in [-0.05, 0) is 52.0 Å². The summed E-state index contributed by atoms with van der Waals surface area (Å²) in [7, 11) is 1.64. The summed E-state index contributed by atoms with van der Waals surface area (Å²) < 4.78 is 11.6. The summed E-state index contributed by atoms with van der Waals surface area (Å²) >= 11 is 0. The van der Waals surface area contributed by atoms with E-state index in [-0.39, 0.29) is 47.3 Å². The predicted molar refractivity (Wildman–Crippen MR) is 130 cm³/mol. The number of carbonyl (C=O) groups excluding carboxylic acids is 2. The van der Waals surface area contributed by atoms with E-state index >= 15 is 0 Å². The second kappa shape index (κ2) is 9.21. The van der Waals surface area contributed by atoms with E-state index in [1.54, 1.807) is 12.0 Å². The Bertz CT molecular complexity index is 977. The van der Waals surface area contributed by atoms with Crippen LogP contribution in [0.1, 0.15) is 71.4 Å². The summed E-state index contributed by atoms with van der Waals surface area (Å²) in [5.74, 6) is 0.918. The van der Waals surface area contributed by atoms with Crippen LogP contribution < -0.4 is 15.8 Å². The number of benzene rings is 1. The molecule has 4 rings (SSSR count). The Morgan fingerprint density at radius 1 is 1.35 bits per heavy atom. The molecule has 0 bridgehead atoms. The van der Waals surface area contributed by atoms with E-state index in [0.717, 1.165) is 30.6 Å². The third kappa shape index (κ3) is 4.92. The summed E-state index contributed by atoms with van der Waals surface area (Å²) in [5, 5.41) is 3.29. The average Bonchev–Trinajstić information content (AvgIpc) is 3.55. The summed E-state index contributed by atoms with van der Waals surface area (Å²) in [6.45, 7) is 8.49. The Balaban J connectivity index is 1.50. The van der Waals surface area contributed by atoms with Gasteiger partial charge in [0.2, 0.25) is 11.8 Å². The van der Waals surface area contributed by atoms with E-state index in [1.165, 1.54) is 0 Å².